The average molecular weight is 185 g/mol. The maximum absolute atomic E-state index is 5.92. The third kappa shape index (κ3) is 1.78. The van der Waals surface area contributed by atoms with Gasteiger partial charge < -0.3 is 11.5 Å². The molecule has 1 aromatic carbocycles. The molecule has 1 unspecified atom stereocenters. The summed E-state index contributed by atoms with van der Waals surface area (Å²) in [5, 5.41) is 0.747. The molecule has 0 aliphatic heterocycles. The standard InChI is InChI=1S/C9H13ClN2/c1-6-7(9(12)5-11)3-2-4-8(6)10/h2-4,9H,5,11-12H2,1H3. The average Bonchev–Trinajstić information content (AvgIpc) is 2.08. The van der Waals surface area contributed by atoms with Gasteiger partial charge >= 0.3 is 0 Å². The minimum Gasteiger partial charge on any atom is -0.329 e. The first-order valence-corrected chi connectivity index (χ1v) is 4.25. The molecule has 4 N–H and O–H groups in total. The highest BCUT2D eigenvalue weighted by Crippen LogP contribution is 2.22. The van der Waals surface area contributed by atoms with Crippen LogP contribution in [0.1, 0.15) is 17.2 Å². The van der Waals surface area contributed by atoms with Crippen molar-refractivity contribution in [1.82, 2.24) is 0 Å². The normalized spacial score (nSPS) is 13.0. The Hall–Kier alpha value is -0.570. The van der Waals surface area contributed by atoms with Gasteiger partial charge in [0.15, 0.2) is 0 Å². The van der Waals surface area contributed by atoms with Gasteiger partial charge in [0.25, 0.3) is 0 Å². The number of nitrogens with two attached hydrogens (primary N) is 2. The smallest absolute Gasteiger partial charge is 0.0438 e. The van der Waals surface area contributed by atoms with Crippen LogP contribution in [0.3, 0.4) is 0 Å². The third-order valence-corrected chi connectivity index (χ3v) is 2.37. The topological polar surface area (TPSA) is 52.0 Å². The maximum Gasteiger partial charge on any atom is 0.0438 e. The van der Waals surface area contributed by atoms with Crippen molar-refractivity contribution in [2.24, 2.45) is 11.5 Å². The second kappa shape index (κ2) is 3.90. The molecule has 0 saturated carbocycles. The van der Waals surface area contributed by atoms with Crippen LogP contribution < -0.4 is 11.5 Å². The van der Waals surface area contributed by atoms with Crippen LogP contribution in [-0.2, 0) is 0 Å². The van der Waals surface area contributed by atoms with E-state index in [0.29, 0.717) is 6.54 Å². The molecule has 0 spiro atoms. The number of halogens is 1. The van der Waals surface area contributed by atoms with Crippen LogP contribution in [0.4, 0.5) is 0 Å². The van der Waals surface area contributed by atoms with Crippen molar-refractivity contribution < 1.29 is 0 Å². The van der Waals surface area contributed by atoms with Crippen LogP contribution in [-0.4, -0.2) is 6.54 Å². The van der Waals surface area contributed by atoms with Crippen LogP contribution in [0.2, 0.25) is 5.02 Å². The molecule has 2 nitrogen and oxygen atoms in total. The molecule has 1 rings (SSSR count). The van der Waals surface area contributed by atoms with E-state index < -0.39 is 0 Å². The van der Waals surface area contributed by atoms with E-state index in [1.807, 2.05) is 25.1 Å². The Kier molecular flexibility index (Phi) is 3.09. The highest BCUT2D eigenvalue weighted by Gasteiger charge is 2.07. The van der Waals surface area contributed by atoms with Gasteiger partial charge in [-0.3, -0.25) is 0 Å². The molecule has 0 radical (unpaired) electrons. The predicted molar refractivity (Wildman–Crippen MR) is 52.2 cm³/mol. The monoisotopic (exact) mass is 184 g/mol. The fourth-order valence-corrected chi connectivity index (χ4v) is 1.33. The Morgan fingerprint density at radius 1 is 1.50 bits per heavy atom. The lowest BCUT2D eigenvalue weighted by molar-refractivity contribution is 0.732. The highest BCUT2D eigenvalue weighted by molar-refractivity contribution is 6.31. The van der Waals surface area contributed by atoms with Crippen LogP contribution >= 0.6 is 11.6 Å². The molecule has 0 aromatic heterocycles. The number of rotatable bonds is 2. The zero-order chi connectivity index (χ0) is 9.14. The molecule has 0 fully saturated rings. The number of hydrogen-bond acceptors (Lipinski definition) is 2. The van der Waals surface area contributed by atoms with E-state index in [-0.39, 0.29) is 6.04 Å². The Labute approximate surface area is 77.5 Å². The summed E-state index contributed by atoms with van der Waals surface area (Å²) in [7, 11) is 0. The molecule has 0 bridgehead atoms. The molecule has 0 aliphatic rings. The van der Waals surface area contributed by atoms with Gasteiger partial charge in [0.1, 0.15) is 0 Å². The molecule has 1 aromatic rings. The second-order valence-electron chi connectivity index (χ2n) is 2.80. The molecule has 0 amide bonds. The zero-order valence-electron chi connectivity index (χ0n) is 7.05. The Morgan fingerprint density at radius 3 is 2.75 bits per heavy atom. The van der Waals surface area contributed by atoms with Crippen molar-refractivity contribution in [1.29, 1.82) is 0 Å². The van der Waals surface area contributed by atoms with Crippen LogP contribution in [0, 0.1) is 6.92 Å². The minimum atomic E-state index is -0.108. The summed E-state index contributed by atoms with van der Waals surface area (Å²) in [5.41, 5.74) is 13.3. The molecule has 0 aliphatic carbocycles. The van der Waals surface area contributed by atoms with Crippen LogP contribution in [0.5, 0.6) is 0 Å². The van der Waals surface area contributed by atoms with Gasteiger partial charge in [-0.05, 0) is 24.1 Å². The van der Waals surface area contributed by atoms with Crippen molar-refractivity contribution in [3.05, 3.63) is 34.3 Å². The first-order valence-electron chi connectivity index (χ1n) is 3.87. The predicted octanol–water partition coefficient (Wildman–Crippen LogP) is 1.61. The molecule has 12 heavy (non-hydrogen) atoms. The van der Waals surface area contributed by atoms with Crippen molar-refractivity contribution >= 4 is 11.6 Å². The quantitative estimate of drug-likeness (QED) is 0.734. The summed E-state index contributed by atoms with van der Waals surface area (Å²) < 4.78 is 0. The van der Waals surface area contributed by atoms with E-state index in [1.54, 1.807) is 0 Å². The van der Waals surface area contributed by atoms with E-state index in [1.165, 1.54) is 0 Å². The number of hydrogen-bond donors (Lipinski definition) is 2. The summed E-state index contributed by atoms with van der Waals surface area (Å²) in [6, 6.07) is 5.59. The van der Waals surface area contributed by atoms with Gasteiger partial charge in [0.2, 0.25) is 0 Å². The van der Waals surface area contributed by atoms with Gasteiger partial charge in [-0.25, -0.2) is 0 Å². The van der Waals surface area contributed by atoms with E-state index in [0.717, 1.165) is 16.1 Å². The van der Waals surface area contributed by atoms with Crippen molar-refractivity contribution in [2.45, 2.75) is 13.0 Å². The summed E-state index contributed by atoms with van der Waals surface area (Å²) in [6.07, 6.45) is 0. The summed E-state index contributed by atoms with van der Waals surface area (Å²) in [4.78, 5) is 0. The van der Waals surface area contributed by atoms with E-state index in [9.17, 15) is 0 Å². The molecule has 66 valence electrons. The fraction of sp³-hybridized carbons (Fsp3) is 0.333. The van der Waals surface area contributed by atoms with Gasteiger partial charge in [0, 0.05) is 17.6 Å². The zero-order valence-corrected chi connectivity index (χ0v) is 7.81. The van der Waals surface area contributed by atoms with E-state index in [4.69, 9.17) is 23.1 Å². The SMILES string of the molecule is Cc1c(Cl)cccc1C(N)CN. The van der Waals surface area contributed by atoms with Crippen LogP contribution in [0.25, 0.3) is 0 Å². The van der Waals surface area contributed by atoms with Gasteiger partial charge in [-0.15, -0.1) is 0 Å². The van der Waals surface area contributed by atoms with Crippen LogP contribution in [0.15, 0.2) is 18.2 Å². The van der Waals surface area contributed by atoms with Crippen molar-refractivity contribution in [3.63, 3.8) is 0 Å². The Balaban J connectivity index is 3.07. The first kappa shape index (κ1) is 9.52. The second-order valence-corrected chi connectivity index (χ2v) is 3.20. The van der Waals surface area contributed by atoms with Crippen molar-refractivity contribution in [3.8, 4) is 0 Å². The lowest BCUT2D eigenvalue weighted by atomic mass is 10.0. The molecule has 0 heterocycles. The largest absolute Gasteiger partial charge is 0.329 e. The molecular formula is C9H13ClN2. The lowest BCUT2D eigenvalue weighted by Crippen LogP contribution is -2.21. The first-order chi connectivity index (χ1) is 5.66. The summed E-state index contributed by atoms with van der Waals surface area (Å²) in [6.45, 7) is 2.40. The Bertz CT molecular complexity index is 273. The maximum atomic E-state index is 5.92. The Morgan fingerprint density at radius 2 is 2.17 bits per heavy atom. The third-order valence-electron chi connectivity index (χ3n) is 1.96. The van der Waals surface area contributed by atoms with E-state index in [2.05, 4.69) is 0 Å². The molecule has 1 atom stereocenters. The summed E-state index contributed by atoms with van der Waals surface area (Å²) in [5.74, 6) is 0. The highest BCUT2D eigenvalue weighted by atomic mass is 35.5. The minimum absolute atomic E-state index is 0.108. The van der Waals surface area contributed by atoms with Gasteiger partial charge in [-0.2, -0.15) is 0 Å². The van der Waals surface area contributed by atoms with Gasteiger partial charge in [-0.1, -0.05) is 23.7 Å². The fourth-order valence-electron chi connectivity index (χ4n) is 1.15. The van der Waals surface area contributed by atoms with Crippen molar-refractivity contribution in [2.75, 3.05) is 6.54 Å². The number of benzene rings is 1. The van der Waals surface area contributed by atoms with Gasteiger partial charge in [0.05, 0.1) is 0 Å². The lowest BCUT2D eigenvalue weighted by Gasteiger charge is -2.12. The van der Waals surface area contributed by atoms with E-state index >= 15 is 0 Å². The molecule has 3 heteroatoms. The molecular weight excluding hydrogens is 172 g/mol. The molecule has 0 saturated heterocycles. The summed E-state index contributed by atoms with van der Waals surface area (Å²) >= 11 is 5.92.